The van der Waals surface area contributed by atoms with E-state index in [1.54, 1.807) is 4.90 Å². The molecule has 1 aliphatic carbocycles. The second kappa shape index (κ2) is 4.53. The second-order valence-corrected chi connectivity index (χ2v) is 5.89. The summed E-state index contributed by atoms with van der Waals surface area (Å²) in [5.74, 6) is 0. The molecule has 3 rings (SSSR count). The SMILES string of the molecule is CN1Cc2ccccc2N(CC2(CCN)CC2)C1=O. The normalized spacial score (nSPS) is 20.4. The van der Waals surface area contributed by atoms with E-state index in [9.17, 15) is 4.79 Å². The molecule has 0 aromatic heterocycles. The Kier molecular flexibility index (Phi) is 2.97. The Morgan fingerprint density at radius 1 is 1.32 bits per heavy atom. The Morgan fingerprint density at radius 3 is 2.74 bits per heavy atom. The molecule has 0 saturated heterocycles. The topological polar surface area (TPSA) is 49.6 Å². The molecule has 19 heavy (non-hydrogen) atoms. The molecule has 0 bridgehead atoms. The number of nitrogens with two attached hydrogens (primary N) is 1. The smallest absolute Gasteiger partial charge is 0.324 e. The molecule has 1 fully saturated rings. The summed E-state index contributed by atoms with van der Waals surface area (Å²) in [4.78, 5) is 16.2. The van der Waals surface area contributed by atoms with E-state index in [4.69, 9.17) is 5.73 Å². The van der Waals surface area contributed by atoms with Crippen molar-refractivity contribution in [1.82, 2.24) is 4.90 Å². The Balaban J connectivity index is 1.89. The lowest BCUT2D eigenvalue weighted by Crippen LogP contribution is -2.47. The lowest BCUT2D eigenvalue weighted by atomic mass is 10.00. The minimum atomic E-state index is 0.113. The lowest BCUT2D eigenvalue weighted by molar-refractivity contribution is 0.208. The van der Waals surface area contributed by atoms with Crippen LogP contribution in [0, 0.1) is 5.41 Å². The first-order valence-corrected chi connectivity index (χ1v) is 6.96. The van der Waals surface area contributed by atoms with Crippen molar-refractivity contribution in [2.24, 2.45) is 11.1 Å². The summed E-state index contributed by atoms with van der Waals surface area (Å²) in [6, 6.07) is 8.31. The number of anilines is 1. The highest BCUT2D eigenvalue weighted by atomic mass is 16.2. The number of carbonyl (C=O) groups is 1. The molecule has 2 aliphatic rings. The average molecular weight is 259 g/mol. The summed E-state index contributed by atoms with van der Waals surface area (Å²) >= 11 is 0. The molecule has 102 valence electrons. The molecule has 4 nitrogen and oxygen atoms in total. The Hall–Kier alpha value is -1.55. The first kappa shape index (κ1) is 12.5. The second-order valence-electron chi connectivity index (χ2n) is 5.89. The van der Waals surface area contributed by atoms with Crippen molar-refractivity contribution >= 4 is 11.7 Å². The average Bonchev–Trinajstić information content (AvgIpc) is 3.15. The minimum absolute atomic E-state index is 0.113. The third kappa shape index (κ3) is 2.21. The maximum Gasteiger partial charge on any atom is 0.324 e. The van der Waals surface area contributed by atoms with E-state index >= 15 is 0 Å². The van der Waals surface area contributed by atoms with Gasteiger partial charge in [-0.2, -0.15) is 0 Å². The van der Waals surface area contributed by atoms with Gasteiger partial charge in [0.15, 0.2) is 0 Å². The third-order valence-corrected chi connectivity index (χ3v) is 4.37. The minimum Gasteiger partial charge on any atom is -0.330 e. The monoisotopic (exact) mass is 259 g/mol. The number of amides is 2. The molecule has 1 heterocycles. The van der Waals surface area contributed by atoms with Crippen LogP contribution in [0.3, 0.4) is 0 Å². The van der Waals surface area contributed by atoms with Crippen LogP contribution in [-0.4, -0.2) is 31.1 Å². The Labute approximate surface area is 114 Å². The third-order valence-electron chi connectivity index (χ3n) is 4.37. The maximum absolute atomic E-state index is 12.4. The van der Waals surface area contributed by atoms with E-state index in [2.05, 4.69) is 12.1 Å². The standard InChI is InChI=1S/C15H21N3O/c1-17-10-12-4-2-3-5-13(12)18(14(17)19)11-15(6-7-15)8-9-16/h2-5H,6-11,16H2,1H3. The highest BCUT2D eigenvalue weighted by Crippen LogP contribution is 2.50. The van der Waals surface area contributed by atoms with Gasteiger partial charge in [0, 0.05) is 20.1 Å². The maximum atomic E-state index is 12.4. The van der Waals surface area contributed by atoms with Crippen molar-refractivity contribution in [3.8, 4) is 0 Å². The van der Waals surface area contributed by atoms with E-state index in [1.807, 2.05) is 24.1 Å². The van der Waals surface area contributed by atoms with Gasteiger partial charge in [-0.15, -0.1) is 0 Å². The van der Waals surface area contributed by atoms with Gasteiger partial charge in [-0.05, 0) is 42.9 Å². The van der Waals surface area contributed by atoms with E-state index in [0.717, 1.165) is 18.7 Å². The number of hydrogen-bond donors (Lipinski definition) is 1. The number of urea groups is 1. The molecular weight excluding hydrogens is 238 g/mol. The van der Waals surface area contributed by atoms with Gasteiger partial charge in [0.2, 0.25) is 0 Å². The van der Waals surface area contributed by atoms with Gasteiger partial charge in [-0.1, -0.05) is 18.2 Å². The highest BCUT2D eigenvalue weighted by Gasteiger charge is 2.45. The zero-order valence-corrected chi connectivity index (χ0v) is 11.4. The quantitative estimate of drug-likeness (QED) is 0.901. The van der Waals surface area contributed by atoms with Crippen molar-refractivity contribution in [3.63, 3.8) is 0 Å². The van der Waals surface area contributed by atoms with Crippen molar-refractivity contribution in [1.29, 1.82) is 0 Å². The van der Waals surface area contributed by atoms with Crippen LogP contribution in [0.25, 0.3) is 0 Å². The molecule has 1 aliphatic heterocycles. The largest absolute Gasteiger partial charge is 0.330 e. The fraction of sp³-hybridized carbons (Fsp3) is 0.533. The fourth-order valence-electron chi connectivity index (χ4n) is 3.00. The van der Waals surface area contributed by atoms with Crippen LogP contribution in [0.4, 0.5) is 10.5 Å². The molecule has 1 saturated carbocycles. The summed E-state index contributed by atoms with van der Waals surface area (Å²) in [5.41, 5.74) is 8.28. The number of fused-ring (bicyclic) bond motifs is 1. The van der Waals surface area contributed by atoms with Crippen LogP contribution >= 0.6 is 0 Å². The molecule has 0 unspecified atom stereocenters. The van der Waals surface area contributed by atoms with Gasteiger partial charge in [0.05, 0.1) is 5.69 Å². The zero-order chi connectivity index (χ0) is 13.5. The van der Waals surface area contributed by atoms with Gasteiger partial charge in [-0.25, -0.2) is 4.79 Å². The molecule has 0 atom stereocenters. The number of hydrogen-bond acceptors (Lipinski definition) is 2. The molecule has 4 heteroatoms. The Morgan fingerprint density at radius 2 is 2.05 bits per heavy atom. The van der Waals surface area contributed by atoms with Crippen LogP contribution < -0.4 is 10.6 Å². The van der Waals surface area contributed by atoms with Crippen LogP contribution in [0.2, 0.25) is 0 Å². The summed E-state index contributed by atoms with van der Waals surface area (Å²) in [7, 11) is 1.87. The van der Waals surface area contributed by atoms with Crippen LogP contribution in [0.5, 0.6) is 0 Å². The van der Waals surface area contributed by atoms with E-state index in [-0.39, 0.29) is 11.4 Å². The first-order chi connectivity index (χ1) is 9.15. The van der Waals surface area contributed by atoms with Gasteiger partial charge in [0.25, 0.3) is 0 Å². The van der Waals surface area contributed by atoms with Crippen molar-refractivity contribution < 1.29 is 4.79 Å². The molecule has 2 N–H and O–H groups in total. The highest BCUT2D eigenvalue weighted by molar-refractivity contribution is 5.94. The van der Waals surface area contributed by atoms with Crippen LogP contribution in [-0.2, 0) is 6.54 Å². The summed E-state index contributed by atoms with van der Waals surface area (Å²) < 4.78 is 0. The van der Waals surface area contributed by atoms with E-state index < -0.39 is 0 Å². The summed E-state index contributed by atoms with van der Waals surface area (Å²) in [6.45, 7) is 2.22. The number of para-hydroxylation sites is 1. The molecule has 0 spiro atoms. The van der Waals surface area contributed by atoms with Crippen molar-refractivity contribution in [2.75, 3.05) is 25.0 Å². The molecule has 1 aromatic carbocycles. The predicted molar refractivity (Wildman–Crippen MR) is 76.0 cm³/mol. The van der Waals surface area contributed by atoms with E-state index in [1.165, 1.54) is 18.4 Å². The molecular formula is C15H21N3O. The lowest BCUT2D eigenvalue weighted by Gasteiger charge is -2.37. The number of carbonyl (C=O) groups excluding carboxylic acids is 1. The van der Waals surface area contributed by atoms with Gasteiger partial charge in [0.1, 0.15) is 0 Å². The van der Waals surface area contributed by atoms with E-state index in [0.29, 0.717) is 13.1 Å². The predicted octanol–water partition coefficient (Wildman–Crippen LogP) is 2.19. The fourth-order valence-corrected chi connectivity index (χ4v) is 3.00. The van der Waals surface area contributed by atoms with Gasteiger partial charge in [-0.3, -0.25) is 4.90 Å². The van der Waals surface area contributed by atoms with Crippen LogP contribution in [0.1, 0.15) is 24.8 Å². The number of nitrogens with zero attached hydrogens (tertiary/aromatic N) is 2. The first-order valence-electron chi connectivity index (χ1n) is 6.96. The summed E-state index contributed by atoms with van der Waals surface area (Å²) in [5, 5.41) is 0. The Bertz CT molecular complexity index is 496. The van der Waals surface area contributed by atoms with Crippen LogP contribution in [0.15, 0.2) is 24.3 Å². The molecule has 2 amide bonds. The molecule has 1 aromatic rings. The number of rotatable bonds is 4. The van der Waals surface area contributed by atoms with Gasteiger partial charge < -0.3 is 10.6 Å². The van der Waals surface area contributed by atoms with Crippen molar-refractivity contribution in [2.45, 2.75) is 25.8 Å². The van der Waals surface area contributed by atoms with Crippen molar-refractivity contribution in [3.05, 3.63) is 29.8 Å². The molecule has 0 radical (unpaired) electrons. The zero-order valence-electron chi connectivity index (χ0n) is 11.4. The number of benzene rings is 1. The van der Waals surface area contributed by atoms with Gasteiger partial charge >= 0.3 is 6.03 Å². The summed E-state index contributed by atoms with van der Waals surface area (Å²) in [6.07, 6.45) is 3.41.